The predicted molar refractivity (Wildman–Crippen MR) is 108 cm³/mol. The molecule has 3 rings (SSSR count). The highest BCUT2D eigenvalue weighted by molar-refractivity contribution is 7.42. The Hall–Kier alpha value is -2.72. The van der Waals surface area contributed by atoms with Gasteiger partial charge in [-0.1, -0.05) is 72.8 Å². The highest BCUT2D eigenvalue weighted by Crippen LogP contribution is 2.42. The SMILES string of the molecule is O=C(O)Cc1ccc(OP(OCc2ccccc2)OCc2ccccc2)cc1. The molecular weight excluding hydrogens is 375 g/mol. The second-order valence-electron chi connectivity index (χ2n) is 6.05. The van der Waals surface area contributed by atoms with Gasteiger partial charge in [-0.15, -0.1) is 0 Å². The first kappa shape index (κ1) is 20.0. The van der Waals surface area contributed by atoms with Crippen molar-refractivity contribution in [1.82, 2.24) is 0 Å². The summed E-state index contributed by atoms with van der Waals surface area (Å²) >= 11 is 0. The summed E-state index contributed by atoms with van der Waals surface area (Å²) in [6, 6.07) is 26.5. The maximum absolute atomic E-state index is 10.8. The molecule has 0 heterocycles. The van der Waals surface area contributed by atoms with Crippen LogP contribution in [0.4, 0.5) is 0 Å². The van der Waals surface area contributed by atoms with Crippen LogP contribution in [0.5, 0.6) is 5.75 Å². The molecule has 1 N–H and O–H groups in total. The Morgan fingerprint density at radius 1 is 0.714 bits per heavy atom. The molecule has 3 aromatic rings. The van der Waals surface area contributed by atoms with E-state index in [0.717, 1.165) is 11.1 Å². The fourth-order valence-electron chi connectivity index (χ4n) is 2.42. The van der Waals surface area contributed by atoms with E-state index in [0.29, 0.717) is 24.5 Å². The standard InChI is InChI=1S/C22H21O5P/c23-22(24)15-18-11-13-21(14-12-18)27-28(25-16-19-7-3-1-4-8-19)26-17-20-9-5-2-6-10-20/h1-14H,15-17H2,(H,23,24). The Labute approximate surface area is 165 Å². The second kappa shape index (κ2) is 10.6. The molecule has 0 aliphatic rings. The summed E-state index contributed by atoms with van der Waals surface area (Å²) in [7, 11) is -1.63. The summed E-state index contributed by atoms with van der Waals surface area (Å²) < 4.78 is 17.6. The van der Waals surface area contributed by atoms with Crippen LogP contribution in [-0.4, -0.2) is 11.1 Å². The number of benzene rings is 3. The minimum absolute atomic E-state index is 0.0238. The summed E-state index contributed by atoms with van der Waals surface area (Å²) in [5, 5.41) is 8.87. The Bertz CT molecular complexity index is 810. The summed E-state index contributed by atoms with van der Waals surface area (Å²) in [6.07, 6.45) is -0.0238. The number of carboxylic acids is 1. The average Bonchev–Trinajstić information content (AvgIpc) is 2.72. The van der Waals surface area contributed by atoms with Gasteiger partial charge in [-0.25, -0.2) is 0 Å². The highest BCUT2D eigenvalue weighted by Gasteiger charge is 2.16. The zero-order chi connectivity index (χ0) is 19.6. The maximum Gasteiger partial charge on any atom is 0.397 e. The van der Waals surface area contributed by atoms with Crippen molar-refractivity contribution >= 4 is 14.6 Å². The number of rotatable bonds is 10. The molecule has 0 saturated carbocycles. The quantitative estimate of drug-likeness (QED) is 0.468. The van der Waals surface area contributed by atoms with Gasteiger partial charge in [-0.05, 0) is 28.8 Å². The van der Waals surface area contributed by atoms with Crippen molar-refractivity contribution in [1.29, 1.82) is 0 Å². The van der Waals surface area contributed by atoms with Gasteiger partial charge in [0.1, 0.15) is 5.75 Å². The van der Waals surface area contributed by atoms with E-state index < -0.39 is 14.6 Å². The average molecular weight is 396 g/mol. The molecule has 6 heteroatoms. The molecule has 0 radical (unpaired) electrons. The summed E-state index contributed by atoms with van der Waals surface area (Å²) in [5.41, 5.74) is 2.76. The monoisotopic (exact) mass is 396 g/mol. The van der Waals surface area contributed by atoms with Gasteiger partial charge in [0.15, 0.2) is 0 Å². The van der Waals surface area contributed by atoms with Gasteiger partial charge in [0.25, 0.3) is 0 Å². The molecule has 0 bridgehead atoms. The Kier molecular flexibility index (Phi) is 7.56. The zero-order valence-corrected chi connectivity index (χ0v) is 16.1. The van der Waals surface area contributed by atoms with Crippen molar-refractivity contribution in [2.45, 2.75) is 19.6 Å². The van der Waals surface area contributed by atoms with Crippen molar-refractivity contribution in [3.8, 4) is 5.75 Å². The van der Waals surface area contributed by atoms with E-state index in [-0.39, 0.29) is 6.42 Å². The maximum atomic E-state index is 10.8. The Morgan fingerprint density at radius 2 is 1.21 bits per heavy atom. The number of aliphatic carboxylic acids is 1. The van der Waals surface area contributed by atoms with E-state index in [4.69, 9.17) is 18.7 Å². The molecule has 28 heavy (non-hydrogen) atoms. The third-order valence-corrected chi connectivity index (χ3v) is 4.86. The molecule has 5 nitrogen and oxygen atoms in total. The van der Waals surface area contributed by atoms with E-state index in [1.54, 1.807) is 24.3 Å². The van der Waals surface area contributed by atoms with E-state index >= 15 is 0 Å². The molecule has 0 spiro atoms. The van der Waals surface area contributed by atoms with Crippen LogP contribution in [-0.2, 0) is 33.5 Å². The van der Waals surface area contributed by atoms with Gasteiger partial charge in [-0.3, -0.25) is 13.8 Å². The van der Waals surface area contributed by atoms with Gasteiger partial charge in [0, 0.05) is 0 Å². The van der Waals surface area contributed by atoms with E-state index in [2.05, 4.69) is 0 Å². The summed E-state index contributed by atoms with van der Waals surface area (Å²) in [5.74, 6) is -0.297. The number of carbonyl (C=O) groups is 1. The van der Waals surface area contributed by atoms with Crippen LogP contribution in [0.15, 0.2) is 84.9 Å². The largest absolute Gasteiger partial charge is 0.481 e. The zero-order valence-electron chi connectivity index (χ0n) is 15.2. The summed E-state index contributed by atoms with van der Waals surface area (Å²) in [6.45, 7) is 0.747. The van der Waals surface area contributed by atoms with Crippen molar-refractivity contribution in [3.63, 3.8) is 0 Å². The second-order valence-corrected chi connectivity index (χ2v) is 7.19. The van der Waals surface area contributed by atoms with Gasteiger partial charge >= 0.3 is 14.6 Å². The number of hydrogen-bond donors (Lipinski definition) is 1. The van der Waals surface area contributed by atoms with E-state index in [1.165, 1.54) is 0 Å². The molecule has 0 saturated heterocycles. The third kappa shape index (κ3) is 6.78. The lowest BCUT2D eigenvalue weighted by atomic mass is 10.1. The first-order valence-corrected chi connectivity index (χ1v) is 9.91. The van der Waals surface area contributed by atoms with E-state index in [1.807, 2.05) is 60.7 Å². The molecule has 3 aromatic carbocycles. The Morgan fingerprint density at radius 3 is 1.68 bits per heavy atom. The van der Waals surface area contributed by atoms with Crippen LogP contribution in [0, 0.1) is 0 Å². The minimum atomic E-state index is -1.63. The van der Waals surface area contributed by atoms with Crippen LogP contribution in [0.25, 0.3) is 0 Å². The van der Waals surface area contributed by atoms with Gasteiger partial charge < -0.3 is 9.63 Å². The Balaban J connectivity index is 1.63. The molecule has 0 unspecified atom stereocenters. The molecule has 0 amide bonds. The van der Waals surface area contributed by atoms with Crippen LogP contribution in [0.3, 0.4) is 0 Å². The predicted octanol–water partition coefficient (Wildman–Crippen LogP) is 5.35. The van der Waals surface area contributed by atoms with Crippen molar-refractivity contribution in [3.05, 3.63) is 102 Å². The fourth-order valence-corrected chi connectivity index (χ4v) is 3.40. The smallest absolute Gasteiger partial charge is 0.397 e. The van der Waals surface area contributed by atoms with Crippen molar-refractivity contribution < 1.29 is 23.5 Å². The number of hydrogen-bond acceptors (Lipinski definition) is 4. The van der Waals surface area contributed by atoms with Gasteiger partial charge in [-0.2, -0.15) is 0 Å². The molecule has 0 aromatic heterocycles. The normalized spacial score (nSPS) is 10.8. The molecule has 0 aliphatic heterocycles. The van der Waals surface area contributed by atoms with Crippen molar-refractivity contribution in [2.75, 3.05) is 0 Å². The number of carboxylic acid groups (broad SMARTS) is 1. The lowest BCUT2D eigenvalue weighted by Crippen LogP contribution is -2.01. The third-order valence-electron chi connectivity index (χ3n) is 3.82. The summed E-state index contributed by atoms with van der Waals surface area (Å²) in [4.78, 5) is 10.8. The van der Waals surface area contributed by atoms with Crippen molar-refractivity contribution in [2.24, 2.45) is 0 Å². The molecule has 0 fully saturated rings. The van der Waals surface area contributed by atoms with Crippen LogP contribution in [0.2, 0.25) is 0 Å². The molecule has 0 aliphatic carbocycles. The lowest BCUT2D eigenvalue weighted by Gasteiger charge is -2.17. The van der Waals surface area contributed by atoms with Crippen LogP contribution < -0.4 is 4.52 Å². The van der Waals surface area contributed by atoms with Crippen LogP contribution in [0.1, 0.15) is 16.7 Å². The van der Waals surface area contributed by atoms with Gasteiger partial charge in [0.2, 0.25) is 0 Å². The first-order chi connectivity index (χ1) is 13.7. The molecule has 0 atom stereocenters. The lowest BCUT2D eigenvalue weighted by molar-refractivity contribution is -0.136. The van der Waals surface area contributed by atoms with E-state index in [9.17, 15) is 4.79 Å². The fraction of sp³-hybridized carbons (Fsp3) is 0.136. The topological polar surface area (TPSA) is 65.0 Å². The van der Waals surface area contributed by atoms with Crippen LogP contribution >= 0.6 is 8.60 Å². The first-order valence-electron chi connectivity index (χ1n) is 8.81. The molecule has 144 valence electrons. The minimum Gasteiger partial charge on any atom is -0.481 e. The highest BCUT2D eigenvalue weighted by atomic mass is 31.2. The van der Waals surface area contributed by atoms with Gasteiger partial charge in [0.05, 0.1) is 19.6 Å². The molecular formula is C22H21O5P.